The highest BCUT2D eigenvalue weighted by Gasteiger charge is 2.18. The van der Waals surface area contributed by atoms with Crippen LogP contribution in [0.3, 0.4) is 0 Å². The van der Waals surface area contributed by atoms with E-state index in [1.54, 1.807) is 13.8 Å². The Balaban J connectivity index is -0.000000176. The molecule has 36 nitrogen and oxygen atoms in total. The molecular weight excluding hydrogens is 1620 g/mol. The SMILES string of the molecule is C.CC(C)CNC(=O)CCOCC(C)CO[N+](=O)[O-].CC(COCCC(=O)NC(C)C(C)C)CO[N+](=O)[O-].CCC(CCCC(=O)NC(C)C(C)C)O[N+](=O)[O-].CCC(CCCC(=O)NCC(C)C)O[N+](=O)[O-].CCCCCCC(=O)NC(C)C(C)C.CCCCCCC(=O)NCC(C)C.CCCOCC(=O)NC(C)C(C)C.CCCOCC(=O)NCC(C)C. The molecule has 0 aromatic carbocycles. The highest BCUT2D eigenvalue weighted by molar-refractivity contribution is 5.79. The van der Waals surface area contributed by atoms with E-state index in [9.17, 15) is 78.8 Å². The van der Waals surface area contributed by atoms with Crippen molar-refractivity contribution in [3.05, 3.63) is 40.5 Å². The second-order valence-electron chi connectivity index (χ2n) is 34.3. The Morgan fingerprint density at radius 2 is 0.552 bits per heavy atom. The average Bonchev–Trinajstić information content (AvgIpc) is 0.992. The average molecular weight is 1810 g/mol. The maximum Gasteiger partial charge on any atom is 0.294 e. The fourth-order valence-corrected chi connectivity index (χ4v) is 8.83. The van der Waals surface area contributed by atoms with Crippen LogP contribution < -0.4 is 42.5 Å². The smallest absolute Gasteiger partial charge is 0.294 e. The van der Waals surface area contributed by atoms with E-state index in [2.05, 4.69) is 138 Å². The molecule has 8 N–H and O–H groups in total. The van der Waals surface area contributed by atoms with Crippen molar-refractivity contribution in [3.63, 3.8) is 0 Å². The van der Waals surface area contributed by atoms with E-state index in [-0.39, 0.29) is 111 Å². The van der Waals surface area contributed by atoms with Crippen molar-refractivity contribution >= 4 is 47.3 Å². The molecule has 8 amide bonds. The molecule has 8 atom stereocenters. The Kier molecular flexibility index (Phi) is 102. The third kappa shape index (κ3) is 116. The fraction of sp³-hybridized carbons (Fsp3) is 0.910. The van der Waals surface area contributed by atoms with E-state index in [0.29, 0.717) is 183 Å². The number of hydrogen-bond donors (Lipinski definition) is 8. The molecule has 0 aliphatic carbocycles. The minimum absolute atomic E-state index is 0. The maximum absolute atomic E-state index is 11.6. The number of hydrogen-bond acceptors (Lipinski definition) is 24. The van der Waals surface area contributed by atoms with Gasteiger partial charge in [-0.2, -0.15) is 0 Å². The molecule has 744 valence electrons. The van der Waals surface area contributed by atoms with Crippen LogP contribution >= 0.6 is 0 Å². The summed E-state index contributed by atoms with van der Waals surface area (Å²) in [6.45, 7) is 62.5. The number of nitrogens with zero attached hydrogens (tertiary/aromatic N) is 4. The van der Waals surface area contributed by atoms with Crippen molar-refractivity contribution in [3.8, 4) is 0 Å². The Morgan fingerprint density at radius 1 is 0.288 bits per heavy atom. The van der Waals surface area contributed by atoms with Crippen molar-refractivity contribution < 1.29 is 97.0 Å². The second kappa shape index (κ2) is 94.0. The summed E-state index contributed by atoms with van der Waals surface area (Å²) in [6, 6.07) is 0.806. The van der Waals surface area contributed by atoms with Gasteiger partial charge >= 0.3 is 0 Å². The van der Waals surface area contributed by atoms with Gasteiger partial charge in [-0.05, 0) is 139 Å². The topological polar surface area (TPSA) is 479 Å². The van der Waals surface area contributed by atoms with Crippen molar-refractivity contribution in [2.45, 2.75) is 379 Å². The Bertz CT molecular complexity index is 2630. The van der Waals surface area contributed by atoms with Gasteiger partial charge in [-0.1, -0.05) is 212 Å². The lowest BCUT2D eigenvalue weighted by molar-refractivity contribution is -0.768. The van der Waals surface area contributed by atoms with Crippen LogP contribution in [0.5, 0.6) is 0 Å². The molecule has 0 spiro atoms. The van der Waals surface area contributed by atoms with Gasteiger partial charge < -0.3 is 80.8 Å². The van der Waals surface area contributed by atoms with Crippen LogP contribution in [0.4, 0.5) is 0 Å². The van der Waals surface area contributed by atoms with Gasteiger partial charge in [0.25, 0.3) is 20.3 Å². The maximum atomic E-state index is 11.6. The molecule has 0 saturated carbocycles. The highest BCUT2D eigenvalue weighted by atomic mass is 17.0. The van der Waals surface area contributed by atoms with Gasteiger partial charge in [-0.15, -0.1) is 40.5 Å². The zero-order valence-electron chi connectivity index (χ0n) is 82.3. The van der Waals surface area contributed by atoms with Crippen molar-refractivity contribution in [2.75, 3.05) is 92.2 Å². The number of carbonyl (C=O) groups excluding carboxylic acids is 8. The van der Waals surface area contributed by atoms with E-state index in [0.717, 1.165) is 38.8 Å². The van der Waals surface area contributed by atoms with Crippen LogP contribution in [-0.2, 0) is 76.7 Å². The van der Waals surface area contributed by atoms with Crippen molar-refractivity contribution in [2.24, 2.45) is 59.2 Å². The molecule has 0 heterocycles. The van der Waals surface area contributed by atoms with E-state index in [1.807, 2.05) is 104 Å². The van der Waals surface area contributed by atoms with Crippen LogP contribution in [0.1, 0.15) is 343 Å². The number of nitrogens with one attached hydrogen (secondary N) is 8. The van der Waals surface area contributed by atoms with E-state index >= 15 is 0 Å². The summed E-state index contributed by atoms with van der Waals surface area (Å²) in [6.07, 6.45) is 16.7. The normalized spacial score (nSPS) is 12.4. The molecule has 0 radical (unpaired) electrons. The molecule has 0 aliphatic heterocycles. The van der Waals surface area contributed by atoms with Crippen LogP contribution in [0.15, 0.2) is 0 Å². The van der Waals surface area contributed by atoms with Gasteiger partial charge in [0.1, 0.15) is 38.6 Å². The molecule has 0 rings (SSSR count). The minimum Gasteiger partial charge on any atom is -0.381 e. The summed E-state index contributed by atoms with van der Waals surface area (Å²) in [5.41, 5.74) is 0. The predicted molar refractivity (Wildman–Crippen MR) is 495 cm³/mol. The summed E-state index contributed by atoms with van der Waals surface area (Å²) in [5.74, 6) is 3.82. The third-order valence-corrected chi connectivity index (χ3v) is 18.0. The number of carbonyl (C=O) groups is 8. The summed E-state index contributed by atoms with van der Waals surface area (Å²) in [5, 5.41) is 60.0. The van der Waals surface area contributed by atoms with Gasteiger partial charge in [-0.3, -0.25) is 38.4 Å². The molecular formula is C89H184N12O24. The van der Waals surface area contributed by atoms with Gasteiger partial charge in [0, 0.05) is 114 Å². The van der Waals surface area contributed by atoms with Gasteiger partial charge in [0.05, 0.1) is 26.4 Å². The van der Waals surface area contributed by atoms with Gasteiger partial charge in [-0.25, -0.2) is 0 Å². The molecule has 8 unspecified atom stereocenters. The highest BCUT2D eigenvalue weighted by Crippen LogP contribution is 2.13. The predicted octanol–water partition coefficient (Wildman–Crippen LogP) is 15.9. The molecule has 36 heteroatoms. The number of amides is 8. The Labute approximate surface area is 754 Å². The van der Waals surface area contributed by atoms with Crippen LogP contribution in [-0.4, -0.2) is 196 Å². The lowest BCUT2D eigenvalue weighted by Crippen LogP contribution is -2.38. The van der Waals surface area contributed by atoms with Crippen LogP contribution in [0.2, 0.25) is 0 Å². The first-order chi connectivity index (χ1) is 58.0. The second-order valence-corrected chi connectivity index (χ2v) is 34.3. The van der Waals surface area contributed by atoms with E-state index in [1.165, 1.54) is 38.5 Å². The third-order valence-electron chi connectivity index (χ3n) is 18.0. The lowest BCUT2D eigenvalue weighted by atomic mass is 10.1. The Hall–Kier alpha value is -7.60. The first kappa shape index (κ1) is 135. The van der Waals surface area contributed by atoms with Gasteiger partial charge in [0.2, 0.25) is 47.3 Å². The van der Waals surface area contributed by atoms with Crippen LogP contribution in [0, 0.1) is 99.6 Å². The number of rotatable bonds is 64. The molecule has 0 bridgehead atoms. The molecule has 0 saturated heterocycles. The quantitative estimate of drug-likeness (QED) is 0.0159. The first-order valence-electron chi connectivity index (χ1n) is 45.8. The largest absolute Gasteiger partial charge is 0.381 e. The lowest BCUT2D eigenvalue weighted by Gasteiger charge is -2.17. The molecule has 0 fully saturated rings. The number of ether oxygens (including phenoxy) is 4. The zero-order valence-corrected chi connectivity index (χ0v) is 82.3. The first-order valence-corrected chi connectivity index (χ1v) is 45.8. The minimum atomic E-state index is -0.824. The zero-order chi connectivity index (χ0) is 96.9. The van der Waals surface area contributed by atoms with E-state index < -0.39 is 32.6 Å². The van der Waals surface area contributed by atoms with E-state index in [4.69, 9.17) is 18.9 Å². The Morgan fingerprint density at radius 3 is 0.832 bits per heavy atom. The monoisotopic (exact) mass is 1810 g/mol. The summed E-state index contributed by atoms with van der Waals surface area (Å²) >= 11 is 0. The summed E-state index contributed by atoms with van der Waals surface area (Å²) in [7, 11) is 0. The summed E-state index contributed by atoms with van der Waals surface area (Å²) in [4.78, 5) is 148. The standard InChI is InChI=1S/C12H24N2O5.C12H24N2O4.C12H25NO.C11H22N2O5.C11H22N2O4.C11H23NO.C10H21NO2.C9H19NO2.CH4/c1-9(2)11(4)13-12(15)5-6-18-7-10(3)8-19-14(16)17;1-5-11(18-14(16)17)7-6-8-12(15)13-10(4)9(2)3;1-5-6-7-8-9-12(14)13-11(4)10(2)3;1-9(2)6-12-11(14)4-5-17-7-10(3)8-18-13(15)16;1-4-10(17-13(15)16)6-5-7-11(14)12-8-9(2)3;1-4-5-6-7-8-11(13)12-9-10(2)3;1-5-6-13-7-10(12)11-9(4)8(2)3;1-4-5-12-7-9(11)10-6-8(2)3;/h9-11H,5-8H2,1-4H3,(H,13,15);9-11H,5-8H2,1-4H3,(H,13,15);10-11H,5-9H2,1-4H3,(H,13,14);9-10H,4-8H2,1-3H3,(H,12,14);9-10H,4-8H2,1-3H3,(H,12,14);10H,4-9H2,1-3H3,(H,12,13);8-9H,5-7H2,1-4H3,(H,11,12);8H,4-7H2,1-3H3,(H,10,11);1H4. The number of unbranched alkanes of at least 4 members (excludes halogenated alkanes) is 6. The van der Waals surface area contributed by atoms with Crippen LogP contribution in [0.25, 0.3) is 0 Å². The van der Waals surface area contributed by atoms with Crippen molar-refractivity contribution in [1.29, 1.82) is 0 Å². The summed E-state index contributed by atoms with van der Waals surface area (Å²) < 4.78 is 20.7. The van der Waals surface area contributed by atoms with Crippen molar-refractivity contribution in [1.82, 2.24) is 42.5 Å². The molecule has 0 aromatic heterocycles. The fourth-order valence-electron chi connectivity index (χ4n) is 8.83. The van der Waals surface area contributed by atoms with Gasteiger partial charge in [0.15, 0.2) is 0 Å². The molecule has 0 aromatic rings. The molecule has 0 aliphatic rings. The molecule has 125 heavy (non-hydrogen) atoms.